The summed E-state index contributed by atoms with van der Waals surface area (Å²) < 4.78 is 0. The van der Waals surface area contributed by atoms with Crippen LogP contribution in [0.4, 0.5) is 0 Å². The smallest absolute Gasteiger partial charge is 0.185 e. The van der Waals surface area contributed by atoms with Gasteiger partial charge in [0.2, 0.25) is 0 Å². The van der Waals surface area contributed by atoms with E-state index in [4.69, 9.17) is 23.2 Å². The van der Waals surface area contributed by atoms with Crippen LogP contribution < -0.4 is 0 Å². The van der Waals surface area contributed by atoms with Gasteiger partial charge in [-0.1, -0.05) is 41.0 Å². The molecule has 6 heteroatoms. The third kappa shape index (κ3) is 2.94. The van der Waals surface area contributed by atoms with Crippen LogP contribution in [-0.4, -0.2) is 35.6 Å². The molecule has 0 unspecified atom stereocenters. The van der Waals surface area contributed by atoms with Crippen LogP contribution in [-0.2, 0) is 0 Å². The molecule has 1 aliphatic heterocycles. The first-order chi connectivity index (χ1) is 8.08. The molecule has 1 heterocycles. The van der Waals surface area contributed by atoms with Gasteiger partial charge in [0, 0.05) is 30.4 Å². The highest BCUT2D eigenvalue weighted by Crippen LogP contribution is 2.25. The molecule has 0 saturated carbocycles. The van der Waals surface area contributed by atoms with Crippen LogP contribution in [0.1, 0.15) is 5.56 Å². The number of rotatable bonds is 1. The molecule has 0 spiro atoms. The summed E-state index contributed by atoms with van der Waals surface area (Å²) in [4.78, 5) is 1.94. The minimum Gasteiger partial charge on any atom is -0.356 e. The molecule has 0 fully saturated rings. The molecular formula is C11H11Cl2N3S. The molecule has 0 amide bonds. The minimum absolute atomic E-state index is 0.611. The molecule has 90 valence electrons. The Morgan fingerprint density at radius 2 is 2.00 bits per heavy atom. The van der Waals surface area contributed by atoms with Gasteiger partial charge in [0.05, 0.1) is 10.7 Å². The maximum absolute atomic E-state index is 6.13. The molecule has 1 aliphatic rings. The van der Waals surface area contributed by atoms with E-state index in [9.17, 15) is 0 Å². The third-order valence-corrected chi connectivity index (χ3v) is 3.89. The Kier molecular flexibility index (Phi) is 3.97. The van der Waals surface area contributed by atoms with Crippen molar-refractivity contribution in [2.45, 2.75) is 0 Å². The zero-order chi connectivity index (χ0) is 12.4. The molecular weight excluding hydrogens is 277 g/mol. The molecule has 0 radical (unpaired) electrons. The van der Waals surface area contributed by atoms with Gasteiger partial charge in [0.1, 0.15) is 0 Å². The molecule has 0 saturated heterocycles. The maximum Gasteiger partial charge on any atom is 0.185 e. The third-order valence-electron chi connectivity index (χ3n) is 2.22. The summed E-state index contributed by atoms with van der Waals surface area (Å²) in [6.07, 6.45) is 0. The van der Waals surface area contributed by atoms with Crippen molar-refractivity contribution in [3.8, 4) is 0 Å². The van der Waals surface area contributed by atoms with Gasteiger partial charge in [0.15, 0.2) is 5.17 Å². The van der Waals surface area contributed by atoms with Crippen molar-refractivity contribution in [1.29, 1.82) is 0 Å². The molecule has 0 aliphatic carbocycles. The number of amidine groups is 1. The summed E-state index contributed by atoms with van der Waals surface area (Å²) in [5, 5.41) is 10.5. The lowest BCUT2D eigenvalue weighted by atomic mass is 10.1. The highest BCUT2D eigenvalue weighted by Gasteiger charge is 2.15. The standard InChI is InChI=1S/C11H11Cl2N3S/c1-16(2)11-15-14-10(6-17-11)8-4-3-7(12)5-9(8)13/h3-5H,6H2,1-2H3. The molecule has 17 heavy (non-hydrogen) atoms. The molecule has 2 rings (SSSR count). The van der Waals surface area contributed by atoms with Crippen molar-refractivity contribution >= 4 is 45.8 Å². The molecule has 0 N–H and O–H groups in total. The Hall–Kier alpha value is -0.710. The van der Waals surface area contributed by atoms with E-state index in [1.165, 1.54) is 0 Å². The summed E-state index contributed by atoms with van der Waals surface area (Å²) in [6.45, 7) is 0. The Bertz CT molecular complexity index is 497. The lowest BCUT2D eigenvalue weighted by Crippen LogP contribution is -2.23. The van der Waals surface area contributed by atoms with Crippen LogP contribution in [0.2, 0.25) is 10.0 Å². The van der Waals surface area contributed by atoms with Crippen LogP contribution >= 0.6 is 35.0 Å². The van der Waals surface area contributed by atoms with Crippen LogP contribution in [0, 0.1) is 0 Å². The predicted molar refractivity (Wildman–Crippen MR) is 76.6 cm³/mol. The second-order valence-electron chi connectivity index (χ2n) is 3.74. The molecule has 1 aromatic rings. The van der Waals surface area contributed by atoms with E-state index in [1.807, 2.05) is 25.1 Å². The largest absolute Gasteiger partial charge is 0.356 e. The number of hydrogen-bond acceptors (Lipinski definition) is 4. The normalized spacial score (nSPS) is 15.3. The predicted octanol–water partition coefficient (Wildman–Crippen LogP) is 3.36. The summed E-state index contributed by atoms with van der Waals surface area (Å²) >= 11 is 13.6. The van der Waals surface area contributed by atoms with Gasteiger partial charge in [-0.05, 0) is 12.1 Å². The van der Waals surface area contributed by atoms with Gasteiger partial charge in [-0.15, -0.1) is 5.10 Å². The molecule has 0 atom stereocenters. The molecule has 1 aromatic carbocycles. The monoisotopic (exact) mass is 287 g/mol. The van der Waals surface area contributed by atoms with E-state index < -0.39 is 0 Å². The topological polar surface area (TPSA) is 28.0 Å². The number of halogens is 2. The summed E-state index contributed by atoms with van der Waals surface area (Å²) in [6, 6.07) is 5.40. The first kappa shape index (κ1) is 12.7. The molecule has 0 bridgehead atoms. The Morgan fingerprint density at radius 1 is 1.24 bits per heavy atom. The van der Waals surface area contributed by atoms with E-state index in [0.29, 0.717) is 10.0 Å². The number of benzene rings is 1. The van der Waals surface area contributed by atoms with Gasteiger partial charge < -0.3 is 4.90 Å². The van der Waals surface area contributed by atoms with E-state index in [-0.39, 0.29) is 0 Å². The van der Waals surface area contributed by atoms with Crippen LogP contribution in [0.3, 0.4) is 0 Å². The van der Waals surface area contributed by atoms with Crippen molar-refractivity contribution in [3.63, 3.8) is 0 Å². The average Bonchev–Trinajstić information content (AvgIpc) is 2.29. The van der Waals surface area contributed by atoms with Gasteiger partial charge in [0.25, 0.3) is 0 Å². The fourth-order valence-electron chi connectivity index (χ4n) is 1.37. The van der Waals surface area contributed by atoms with Crippen molar-refractivity contribution < 1.29 is 0 Å². The number of thioether (sulfide) groups is 1. The fraction of sp³-hybridized carbons (Fsp3) is 0.273. The first-order valence-electron chi connectivity index (χ1n) is 4.98. The minimum atomic E-state index is 0.611. The zero-order valence-electron chi connectivity index (χ0n) is 9.44. The van der Waals surface area contributed by atoms with E-state index >= 15 is 0 Å². The van der Waals surface area contributed by atoms with Crippen LogP contribution in [0.25, 0.3) is 0 Å². The Labute approximate surface area is 115 Å². The fourth-order valence-corrected chi connectivity index (χ4v) is 2.72. The second kappa shape index (κ2) is 5.29. The van der Waals surface area contributed by atoms with Crippen molar-refractivity contribution in [2.24, 2.45) is 10.2 Å². The quantitative estimate of drug-likeness (QED) is 0.792. The lowest BCUT2D eigenvalue weighted by molar-refractivity contribution is 0.633. The van der Waals surface area contributed by atoms with Gasteiger partial charge in [-0.3, -0.25) is 0 Å². The number of hydrogen-bond donors (Lipinski definition) is 0. The van der Waals surface area contributed by atoms with Gasteiger partial charge in [-0.2, -0.15) is 5.10 Å². The Balaban J connectivity index is 2.30. The lowest BCUT2D eigenvalue weighted by Gasteiger charge is -2.18. The second-order valence-corrected chi connectivity index (χ2v) is 5.52. The summed E-state index contributed by atoms with van der Waals surface area (Å²) in [5.41, 5.74) is 1.77. The summed E-state index contributed by atoms with van der Waals surface area (Å²) in [7, 11) is 3.89. The van der Waals surface area contributed by atoms with Crippen molar-refractivity contribution in [1.82, 2.24) is 4.90 Å². The van der Waals surface area contributed by atoms with E-state index in [0.717, 1.165) is 22.2 Å². The first-order valence-corrected chi connectivity index (χ1v) is 6.72. The van der Waals surface area contributed by atoms with Crippen LogP contribution in [0.15, 0.2) is 28.4 Å². The Morgan fingerprint density at radius 3 is 2.53 bits per heavy atom. The van der Waals surface area contributed by atoms with Crippen molar-refractivity contribution in [3.05, 3.63) is 33.8 Å². The summed E-state index contributed by atoms with van der Waals surface area (Å²) in [5.74, 6) is 0.762. The van der Waals surface area contributed by atoms with Gasteiger partial charge >= 0.3 is 0 Å². The van der Waals surface area contributed by atoms with Crippen molar-refractivity contribution in [2.75, 3.05) is 19.8 Å². The molecule has 3 nitrogen and oxygen atoms in total. The highest BCUT2D eigenvalue weighted by atomic mass is 35.5. The SMILES string of the molecule is CN(C)C1=NN=C(c2ccc(Cl)cc2Cl)CS1. The molecule has 0 aromatic heterocycles. The van der Waals surface area contributed by atoms with E-state index in [1.54, 1.807) is 23.9 Å². The average molecular weight is 288 g/mol. The van der Waals surface area contributed by atoms with Crippen LogP contribution in [0.5, 0.6) is 0 Å². The van der Waals surface area contributed by atoms with E-state index in [2.05, 4.69) is 10.2 Å². The van der Waals surface area contributed by atoms with Gasteiger partial charge in [-0.25, -0.2) is 0 Å². The maximum atomic E-state index is 6.13. The highest BCUT2D eigenvalue weighted by molar-refractivity contribution is 8.14. The number of nitrogens with zero attached hydrogens (tertiary/aromatic N) is 3. The zero-order valence-corrected chi connectivity index (χ0v) is 11.8.